The van der Waals surface area contributed by atoms with Gasteiger partial charge in [0.2, 0.25) is 0 Å². The molecular weight excluding hydrogens is 254 g/mol. The Hall–Kier alpha value is -0.820. The molecule has 2 saturated carbocycles. The van der Waals surface area contributed by atoms with Crippen LogP contribution in [0.3, 0.4) is 0 Å². The molecule has 0 spiro atoms. The van der Waals surface area contributed by atoms with Gasteiger partial charge in [-0.2, -0.15) is 0 Å². The number of nitrogens with two attached hydrogens (primary N) is 1. The third kappa shape index (κ3) is 3.34. The van der Waals surface area contributed by atoms with E-state index in [0.29, 0.717) is 6.04 Å². The van der Waals surface area contributed by atoms with Gasteiger partial charge in [0, 0.05) is 6.04 Å². The van der Waals surface area contributed by atoms with Gasteiger partial charge in [0.05, 0.1) is 0 Å². The summed E-state index contributed by atoms with van der Waals surface area (Å²) >= 11 is 0. The third-order valence-corrected chi connectivity index (χ3v) is 6.27. The molecule has 0 aliphatic heterocycles. The number of rotatable bonds is 3. The average Bonchev–Trinajstić information content (AvgIpc) is 2.50. The van der Waals surface area contributed by atoms with Gasteiger partial charge in [0.25, 0.3) is 0 Å². The van der Waals surface area contributed by atoms with Crippen LogP contribution in [0.1, 0.15) is 61.6 Å². The summed E-state index contributed by atoms with van der Waals surface area (Å²) in [4.78, 5) is 0. The molecule has 1 aromatic rings. The number of aryl methyl sites for hydroxylation is 2. The van der Waals surface area contributed by atoms with Crippen LogP contribution in [-0.2, 0) is 6.42 Å². The van der Waals surface area contributed by atoms with E-state index in [9.17, 15) is 0 Å². The maximum Gasteiger partial charge on any atom is 0.0108 e. The second-order valence-corrected chi connectivity index (χ2v) is 7.62. The van der Waals surface area contributed by atoms with Crippen molar-refractivity contribution in [2.45, 2.75) is 71.3 Å². The molecule has 4 unspecified atom stereocenters. The molecule has 0 bridgehead atoms. The largest absolute Gasteiger partial charge is 0.327 e. The molecule has 0 aromatic heterocycles. The molecule has 2 N–H and O–H groups in total. The molecule has 0 heterocycles. The Labute approximate surface area is 130 Å². The Morgan fingerprint density at radius 2 is 1.67 bits per heavy atom. The van der Waals surface area contributed by atoms with E-state index in [2.05, 4.69) is 32.0 Å². The zero-order valence-corrected chi connectivity index (χ0v) is 13.8. The standard InChI is InChI=1S/C20H31N/c1-14-6-5-7-15(2)19(14)13-20(21)18-11-10-16-8-3-4-9-17(16)12-18/h5-7,16-18,20H,3-4,8-13,21H2,1-2H3. The summed E-state index contributed by atoms with van der Waals surface area (Å²) in [6.45, 7) is 4.46. The van der Waals surface area contributed by atoms with E-state index in [1.54, 1.807) is 0 Å². The molecule has 2 fully saturated rings. The molecule has 0 saturated heterocycles. The molecule has 1 nitrogen and oxygen atoms in total. The Morgan fingerprint density at radius 3 is 2.38 bits per heavy atom. The fraction of sp³-hybridized carbons (Fsp3) is 0.700. The van der Waals surface area contributed by atoms with E-state index in [0.717, 1.165) is 24.2 Å². The van der Waals surface area contributed by atoms with Gasteiger partial charge in [0.15, 0.2) is 0 Å². The van der Waals surface area contributed by atoms with Crippen molar-refractivity contribution in [1.82, 2.24) is 0 Å². The van der Waals surface area contributed by atoms with Crippen LogP contribution < -0.4 is 5.73 Å². The van der Waals surface area contributed by atoms with Crippen molar-refractivity contribution < 1.29 is 0 Å². The monoisotopic (exact) mass is 285 g/mol. The Bertz CT molecular complexity index is 458. The highest BCUT2D eigenvalue weighted by Gasteiger charge is 2.34. The maximum atomic E-state index is 6.64. The van der Waals surface area contributed by atoms with Crippen molar-refractivity contribution in [3.05, 3.63) is 34.9 Å². The van der Waals surface area contributed by atoms with Gasteiger partial charge >= 0.3 is 0 Å². The Balaban J connectivity index is 1.64. The van der Waals surface area contributed by atoms with E-state index in [4.69, 9.17) is 5.73 Å². The molecular formula is C20H31N. The highest BCUT2D eigenvalue weighted by atomic mass is 14.7. The Morgan fingerprint density at radius 1 is 1.00 bits per heavy atom. The third-order valence-electron chi connectivity index (χ3n) is 6.27. The van der Waals surface area contributed by atoms with Crippen molar-refractivity contribution in [2.24, 2.45) is 23.5 Å². The van der Waals surface area contributed by atoms with Crippen LogP contribution in [0.25, 0.3) is 0 Å². The van der Waals surface area contributed by atoms with Gasteiger partial charge in [-0.05, 0) is 74.0 Å². The van der Waals surface area contributed by atoms with E-state index >= 15 is 0 Å². The van der Waals surface area contributed by atoms with Crippen LogP contribution >= 0.6 is 0 Å². The van der Waals surface area contributed by atoms with Gasteiger partial charge in [-0.1, -0.05) is 43.9 Å². The first kappa shape index (κ1) is 15.1. The molecule has 2 aliphatic rings. The second kappa shape index (κ2) is 6.52. The molecule has 2 aliphatic carbocycles. The summed E-state index contributed by atoms with van der Waals surface area (Å²) in [5, 5.41) is 0. The van der Waals surface area contributed by atoms with Crippen molar-refractivity contribution in [3.8, 4) is 0 Å². The van der Waals surface area contributed by atoms with Crippen LogP contribution in [-0.4, -0.2) is 6.04 Å². The van der Waals surface area contributed by atoms with Crippen molar-refractivity contribution in [2.75, 3.05) is 0 Å². The van der Waals surface area contributed by atoms with E-state index in [-0.39, 0.29) is 0 Å². The predicted molar refractivity (Wildman–Crippen MR) is 90.4 cm³/mol. The zero-order valence-electron chi connectivity index (χ0n) is 13.8. The SMILES string of the molecule is Cc1cccc(C)c1CC(N)C1CCC2CCCCC2C1. The van der Waals surface area contributed by atoms with Crippen LogP contribution in [0.5, 0.6) is 0 Å². The molecule has 0 radical (unpaired) electrons. The second-order valence-electron chi connectivity index (χ2n) is 7.62. The summed E-state index contributed by atoms with van der Waals surface area (Å²) in [5.41, 5.74) is 11.0. The van der Waals surface area contributed by atoms with Crippen LogP contribution in [0.15, 0.2) is 18.2 Å². The first-order chi connectivity index (χ1) is 10.1. The van der Waals surface area contributed by atoms with Crippen molar-refractivity contribution in [3.63, 3.8) is 0 Å². The minimum absolute atomic E-state index is 0.354. The first-order valence-electron chi connectivity index (χ1n) is 8.96. The lowest BCUT2D eigenvalue weighted by Crippen LogP contribution is -2.39. The molecule has 1 aromatic carbocycles. The number of hydrogen-bond acceptors (Lipinski definition) is 1. The minimum atomic E-state index is 0.354. The van der Waals surface area contributed by atoms with Gasteiger partial charge in [0.1, 0.15) is 0 Å². The van der Waals surface area contributed by atoms with Gasteiger partial charge in [-0.3, -0.25) is 0 Å². The van der Waals surface area contributed by atoms with Crippen LogP contribution in [0.2, 0.25) is 0 Å². The Kier molecular flexibility index (Phi) is 4.69. The zero-order chi connectivity index (χ0) is 14.8. The van der Waals surface area contributed by atoms with E-state index in [1.165, 1.54) is 61.6 Å². The lowest BCUT2D eigenvalue weighted by molar-refractivity contribution is 0.117. The van der Waals surface area contributed by atoms with Gasteiger partial charge < -0.3 is 5.73 Å². The summed E-state index contributed by atoms with van der Waals surface area (Å²) in [5.74, 6) is 2.77. The fourth-order valence-electron chi connectivity index (χ4n) is 4.87. The quantitative estimate of drug-likeness (QED) is 0.849. The molecule has 4 atom stereocenters. The summed E-state index contributed by atoms with van der Waals surface area (Å²) < 4.78 is 0. The molecule has 0 amide bonds. The highest BCUT2D eigenvalue weighted by molar-refractivity contribution is 5.34. The van der Waals surface area contributed by atoms with Gasteiger partial charge in [-0.25, -0.2) is 0 Å². The smallest absolute Gasteiger partial charge is 0.0108 e. The lowest BCUT2D eigenvalue weighted by atomic mass is 9.65. The lowest BCUT2D eigenvalue weighted by Gasteiger charge is -2.41. The molecule has 21 heavy (non-hydrogen) atoms. The molecule has 1 heteroatoms. The number of benzene rings is 1. The van der Waals surface area contributed by atoms with Gasteiger partial charge in [-0.15, -0.1) is 0 Å². The summed E-state index contributed by atoms with van der Waals surface area (Å²) in [6.07, 6.45) is 11.2. The number of fused-ring (bicyclic) bond motifs is 1. The first-order valence-corrected chi connectivity index (χ1v) is 8.96. The molecule has 116 valence electrons. The topological polar surface area (TPSA) is 26.0 Å². The normalized spacial score (nSPS) is 30.7. The van der Waals surface area contributed by atoms with Crippen molar-refractivity contribution >= 4 is 0 Å². The maximum absolute atomic E-state index is 6.64. The fourth-order valence-corrected chi connectivity index (χ4v) is 4.87. The molecule has 3 rings (SSSR count). The van der Waals surface area contributed by atoms with Crippen LogP contribution in [0.4, 0.5) is 0 Å². The predicted octanol–water partition coefficient (Wildman–Crippen LogP) is 4.78. The summed E-state index contributed by atoms with van der Waals surface area (Å²) in [7, 11) is 0. The van der Waals surface area contributed by atoms with E-state index in [1.807, 2.05) is 0 Å². The minimum Gasteiger partial charge on any atom is -0.327 e. The van der Waals surface area contributed by atoms with E-state index < -0.39 is 0 Å². The summed E-state index contributed by atoms with van der Waals surface area (Å²) in [6, 6.07) is 6.97. The highest BCUT2D eigenvalue weighted by Crippen LogP contribution is 2.43. The number of hydrogen-bond donors (Lipinski definition) is 1. The average molecular weight is 285 g/mol. The van der Waals surface area contributed by atoms with Crippen LogP contribution in [0, 0.1) is 31.6 Å². The van der Waals surface area contributed by atoms with Crippen molar-refractivity contribution in [1.29, 1.82) is 0 Å².